The Balaban J connectivity index is 1.87. The van der Waals surface area contributed by atoms with Gasteiger partial charge in [0.2, 0.25) is 0 Å². The number of hydrogen-bond donors (Lipinski definition) is 2. The number of benzene rings is 1. The van der Waals surface area contributed by atoms with Crippen LogP contribution in [0.25, 0.3) is 10.6 Å². The maximum absolute atomic E-state index is 5.91. The lowest BCUT2D eigenvalue weighted by atomic mass is 10.1. The minimum absolute atomic E-state index is 0.825. The van der Waals surface area contributed by atoms with Gasteiger partial charge in [0, 0.05) is 16.8 Å². The lowest BCUT2D eigenvalue weighted by Crippen LogP contribution is -1.98. The Morgan fingerprint density at radius 1 is 1.10 bits per heavy atom. The van der Waals surface area contributed by atoms with Crippen LogP contribution < -0.4 is 11.1 Å². The first-order valence-corrected chi connectivity index (χ1v) is 8.03. The number of nitrogens with zero attached hydrogens (tertiary/aromatic N) is 1. The molecule has 20 heavy (non-hydrogen) atoms. The van der Waals surface area contributed by atoms with Crippen molar-refractivity contribution >= 4 is 39.2 Å². The third-order valence-electron chi connectivity index (χ3n) is 3.35. The van der Waals surface area contributed by atoms with E-state index in [-0.39, 0.29) is 0 Å². The Labute approximate surface area is 126 Å². The molecule has 0 amide bonds. The second-order valence-electron chi connectivity index (χ2n) is 4.59. The summed E-state index contributed by atoms with van der Waals surface area (Å²) >= 11 is 3.32. The van der Waals surface area contributed by atoms with Gasteiger partial charge < -0.3 is 11.1 Å². The zero-order valence-corrected chi connectivity index (χ0v) is 12.9. The van der Waals surface area contributed by atoms with E-state index in [2.05, 4.69) is 34.1 Å². The predicted octanol–water partition coefficient (Wildman–Crippen LogP) is 4.81. The molecule has 5 heteroatoms. The quantitative estimate of drug-likeness (QED) is 0.682. The molecule has 0 atom stereocenters. The molecule has 0 unspecified atom stereocenters. The van der Waals surface area contributed by atoms with Crippen molar-refractivity contribution in [2.24, 2.45) is 0 Å². The summed E-state index contributed by atoms with van der Waals surface area (Å²) < 4.78 is 0. The maximum Gasteiger partial charge on any atom is 0.187 e. The van der Waals surface area contributed by atoms with Crippen LogP contribution in [0.2, 0.25) is 0 Å². The van der Waals surface area contributed by atoms with Gasteiger partial charge in [-0.1, -0.05) is 6.07 Å². The average molecular weight is 301 g/mol. The number of rotatable bonds is 3. The average Bonchev–Trinajstić information content (AvgIpc) is 3.10. The van der Waals surface area contributed by atoms with Gasteiger partial charge in [0.1, 0.15) is 0 Å². The monoisotopic (exact) mass is 301 g/mol. The summed E-state index contributed by atoms with van der Waals surface area (Å²) in [5.74, 6) is 0. The smallest absolute Gasteiger partial charge is 0.187 e. The normalized spacial score (nSPS) is 10.7. The van der Waals surface area contributed by atoms with Crippen LogP contribution in [-0.2, 0) is 0 Å². The van der Waals surface area contributed by atoms with Crippen LogP contribution in [0.3, 0.4) is 0 Å². The molecular weight excluding hydrogens is 286 g/mol. The highest BCUT2D eigenvalue weighted by atomic mass is 32.1. The van der Waals surface area contributed by atoms with Gasteiger partial charge in [0.15, 0.2) is 5.13 Å². The Morgan fingerprint density at radius 2 is 1.95 bits per heavy atom. The van der Waals surface area contributed by atoms with Crippen LogP contribution in [-0.4, -0.2) is 4.98 Å². The van der Waals surface area contributed by atoms with Crippen LogP contribution in [0.4, 0.5) is 16.5 Å². The van der Waals surface area contributed by atoms with Gasteiger partial charge in [0.25, 0.3) is 0 Å². The second kappa shape index (κ2) is 5.26. The highest BCUT2D eigenvalue weighted by molar-refractivity contribution is 7.16. The molecule has 0 spiro atoms. The number of thiazole rings is 1. The van der Waals surface area contributed by atoms with Crippen LogP contribution >= 0.6 is 22.7 Å². The molecule has 0 aliphatic heterocycles. The fourth-order valence-electron chi connectivity index (χ4n) is 1.96. The molecule has 3 nitrogen and oxygen atoms in total. The first-order chi connectivity index (χ1) is 9.65. The number of thiophene rings is 1. The minimum atomic E-state index is 0.825. The number of anilines is 3. The molecular formula is C15H15N3S2. The van der Waals surface area contributed by atoms with Crippen molar-refractivity contribution in [1.82, 2.24) is 4.98 Å². The lowest BCUT2D eigenvalue weighted by molar-refractivity contribution is 1.32. The van der Waals surface area contributed by atoms with Crippen molar-refractivity contribution in [3.8, 4) is 10.6 Å². The van der Waals surface area contributed by atoms with Crippen LogP contribution in [0.15, 0.2) is 35.0 Å². The van der Waals surface area contributed by atoms with Crippen LogP contribution in [0.1, 0.15) is 11.1 Å². The number of nitrogens with one attached hydrogen (secondary N) is 1. The number of aromatic nitrogens is 1. The first kappa shape index (κ1) is 13.1. The fourth-order valence-corrected chi connectivity index (χ4v) is 3.44. The molecule has 0 bridgehead atoms. The van der Waals surface area contributed by atoms with Crippen LogP contribution in [0.5, 0.6) is 0 Å². The van der Waals surface area contributed by atoms with E-state index in [0.29, 0.717) is 0 Å². The van der Waals surface area contributed by atoms with Crippen molar-refractivity contribution in [3.05, 3.63) is 46.2 Å². The summed E-state index contributed by atoms with van der Waals surface area (Å²) in [6, 6.07) is 8.06. The molecule has 0 saturated carbocycles. The van der Waals surface area contributed by atoms with Crippen molar-refractivity contribution in [1.29, 1.82) is 0 Å². The topological polar surface area (TPSA) is 50.9 Å². The molecule has 3 aromatic rings. The van der Waals surface area contributed by atoms with E-state index in [9.17, 15) is 0 Å². The zero-order chi connectivity index (χ0) is 14.1. The highest BCUT2D eigenvalue weighted by Gasteiger charge is 2.08. The largest absolute Gasteiger partial charge is 0.399 e. The van der Waals surface area contributed by atoms with Gasteiger partial charge in [-0.3, -0.25) is 0 Å². The summed E-state index contributed by atoms with van der Waals surface area (Å²) in [4.78, 5) is 5.82. The van der Waals surface area contributed by atoms with Gasteiger partial charge in [-0.05, 0) is 48.6 Å². The van der Waals surface area contributed by atoms with E-state index < -0.39 is 0 Å². The fraction of sp³-hybridized carbons (Fsp3) is 0.133. The van der Waals surface area contributed by atoms with Gasteiger partial charge in [-0.15, -0.1) is 22.7 Å². The summed E-state index contributed by atoms with van der Waals surface area (Å²) in [5, 5.41) is 8.42. The molecule has 0 saturated heterocycles. The Morgan fingerprint density at radius 3 is 2.70 bits per heavy atom. The standard InChI is InChI=1S/C15H15N3S2/c1-9-10(2)12(6-5-11(9)16)17-15-18-13(8-20-15)14-4-3-7-19-14/h3-8H,16H2,1-2H3,(H,17,18). The molecule has 3 N–H and O–H groups in total. The van der Waals surface area contributed by atoms with Crippen molar-refractivity contribution < 1.29 is 0 Å². The lowest BCUT2D eigenvalue weighted by Gasteiger charge is -2.11. The maximum atomic E-state index is 5.91. The Kier molecular flexibility index (Phi) is 3.46. The van der Waals surface area contributed by atoms with Crippen molar-refractivity contribution in [2.45, 2.75) is 13.8 Å². The van der Waals surface area contributed by atoms with Gasteiger partial charge in [-0.25, -0.2) is 4.98 Å². The summed E-state index contributed by atoms with van der Waals surface area (Å²) in [7, 11) is 0. The number of nitrogen functional groups attached to an aromatic ring is 1. The van der Waals surface area contributed by atoms with Crippen molar-refractivity contribution in [2.75, 3.05) is 11.1 Å². The summed E-state index contributed by atoms with van der Waals surface area (Å²) in [6.07, 6.45) is 0. The predicted molar refractivity (Wildman–Crippen MR) is 89.0 cm³/mol. The molecule has 3 rings (SSSR count). The molecule has 102 valence electrons. The molecule has 2 aromatic heterocycles. The summed E-state index contributed by atoms with van der Waals surface area (Å²) in [5.41, 5.74) is 11.1. The summed E-state index contributed by atoms with van der Waals surface area (Å²) in [6.45, 7) is 4.11. The Bertz CT molecular complexity index is 730. The van der Waals surface area contributed by atoms with Gasteiger partial charge >= 0.3 is 0 Å². The Hall–Kier alpha value is -1.85. The second-order valence-corrected chi connectivity index (χ2v) is 6.40. The van der Waals surface area contributed by atoms with E-state index in [0.717, 1.165) is 33.3 Å². The van der Waals surface area contributed by atoms with Crippen molar-refractivity contribution in [3.63, 3.8) is 0 Å². The van der Waals surface area contributed by atoms with E-state index in [1.807, 2.05) is 25.1 Å². The molecule has 0 aliphatic rings. The van der Waals surface area contributed by atoms with Gasteiger partial charge in [-0.2, -0.15) is 0 Å². The van der Waals surface area contributed by atoms with E-state index in [4.69, 9.17) is 5.73 Å². The molecule has 1 aromatic carbocycles. The van der Waals surface area contributed by atoms with E-state index in [1.54, 1.807) is 22.7 Å². The van der Waals surface area contributed by atoms with Crippen LogP contribution in [0, 0.1) is 13.8 Å². The first-order valence-electron chi connectivity index (χ1n) is 6.27. The van der Waals surface area contributed by atoms with Gasteiger partial charge in [0.05, 0.1) is 10.6 Å². The molecule has 2 heterocycles. The number of hydrogen-bond acceptors (Lipinski definition) is 5. The SMILES string of the molecule is Cc1c(N)ccc(Nc2nc(-c3cccs3)cs2)c1C. The van der Waals surface area contributed by atoms with E-state index >= 15 is 0 Å². The molecule has 0 aliphatic carbocycles. The molecule has 0 radical (unpaired) electrons. The molecule has 0 fully saturated rings. The zero-order valence-electron chi connectivity index (χ0n) is 11.3. The third kappa shape index (κ3) is 2.42. The minimum Gasteiger partial charge on any atom is -0.399 e. The number of nitrogens with two attached hydrogens (primary N) is 1. The van der Waals surface area contributed by atoms with E-state index in [1.165, 1.54) is 4.88 Å². The highest BCUT2D eigenvalue weighted by Crippen LogP contribution is 2.31. The third-order valence-corrected chi connectivity index (χ3v) is 5.00.